The van der Waals surface area contributed by atoms with Crippen molar-refractivity contribution in [3.8, 4) is 0 Å². The Morgan fingerprint density at radius 1 is 0.895 bits per heavy atom. The lowest BCUT2D eigenvalue weighted by molar-refractivity contribution is 0.173. The van der Waals surface area contributed by atoms with Crippen molar-refractivity contribution in [2.24, 2.45) is 11.8 Å². The number of hydrogen-bond donors (Lipinski definition) is 1. The third kappa shape index (κ3) is 6.63. The van der Waals surface area contributed by atoms with Crippen molar-refractivity contribution >= 4 is 5.69 Å². The molecule has 19 heavy (non-hydrogen) atoms. The lowest BCUT2D eigenvalue weighted by atomic mass is 10.1. The van der Waals surface area contributed by atoms with Crippen LogP contribution >= 0.6 is 0 Å². The zero-order valence-electron chi connectivity index (χ0n) is 13.2. The minimum absolute atomic E-state index is 0.560. The summed E-state index contributed by atoms with van der Waals surface area (Å²) in [5.41, 5.74) is 1.21. The Kier molecular flexibility index (Phi) is 6.93. The highest BCUT2D eigenvalue weighted by Crippen LogP contribution is 2.10. The first kappa shape index (κ1) is 16.0. The van der Waals surface area contributed by atoms with Gasteiger partial charge in [0.2, 0.25) is 0 Å². The maximum atomic E-state index is 3.53. The molecule has 1 N–H and O–H groups in total. The van der Waals surface area contributed by atoms with Crippen LogP contribution in [-0.2, 0) is 0 Å². The highest BCUT2D eigenvalue weighted by molar-refractivity contribution is 5.42. The lowest BCUT2D eigenvalue weighted by Crippen LogP contribution is -2.42. The van der Waals surface area contributed by atoms with E-state index in [0.29, 0.717) is 6.04 Å². The van der Waals surface area contributed by atoms with Crippen molar-refractivity contribution < 1.29 is 0 Å². The second-order valence-electron chi connectivity index (χ2n) is 6.34. The van der Waals surface area contributed by atoms with Crippen LogP contribution in [0.3, 0.4) is 0 Å². The molecule has 0 saturated heterocycles. The highest BCUT2D eigenvalue weighted by atomic mass is 15.2. The van der Waals surface area contributed by atoms with Gasteiger partial charge in [-0.05, 0) is 30.9 Å². The minimum Gasteiger partial charge on any atom is -0.383 e. The molecule has 1 aromatic rings. The highest BCUT2D eigenvalue weighted by Gasteiger charge is 2.16. The van der Waals surface area contributed by atoms with E-state index in [1.54, 1.807) is 0 Å². The van der Waals surface area contributed by atoms with Gasteiger partial charge in [0.25, 0.3) is 0 Å². The Labute approximate surface area is 119 Å². The van der Waals surface area contributed by atoms with Crippen LogP contribution in [0, 0.1) is 11.8 Å². The molecular formula is C17H30N2. The van der Waals surface area contributed by atoms with Gasteiger partial charge < -0.3 is 5.32 Å². The monoisotopic (exact) mass is 262 g/mol. The summed E-state index contributed by atoms with van der Waals surface area (Å²) in [4.78, 5) is 2.60. The Hall–Kier alpha value is -1.02. The number of nitrogens with zero attached hydrogens (tertiary/aromatic N) is 1. The van der Waals surface area contributed by atoms with Crippen LogP contribution in [0.2, 0.25) is 0 Å². The van der Waals surface area contributed by atoms with Gasteiger partial charge in [0.15, 0.2) is 0 Å². The van der Waals surface area contributed by atoms with Gasteiger partial charge in [-0.1, -0.05) is 45.9 Å². The molecule has 2 nitrogen and oxygen atoms in total. The van der Waals surface area contributed by atoms with Crippen molar-refractivity contribution in [1.29, 1.82) is 0 Å². The Morgan fingerprint density at radius 2 is 1.42 bits per heavy atom. The fourth-order valence-corrected chi connectivity index (χ4v) is 2.32. The van der Waals surface area contributed by atoms with E-state index >= 15 is 0 Å². The van der Waals surface area contributed by atoms with Gasteiger partial charge in [0.1, 0.15) is 0 Å². The molecule has 0 aliphatic heterocycles. The van der Waals surface area contributed by atoms with Crippen LogP contribution < -0.4 is 5.32 Å². The van der Waals surface area contributed by atoms with Crippen molar-refractivity contribution in [3.63, 3.8) is 0 Å². The maximum Gasteiger partial charge on any atom is 0.0340 e. The molecule has 0 amide bonds. The Morgan fingerprint density at radius 3 is 1.89 bits per heavy atom. The summed E-state index contributed by atoms with van der Waals surface area (Å²) in [6.45, 7) is 14.9. The SMILES string of the molecule is CC(C)CN(CC(C)C)C(C)CNc1ccccc1. The van der Waals surface area contributed by atoms with E-state index in [2.05, 4.69) is 75.2 Å². The summed E-state index contributed by atoms with van der Waals surface area (Å²) >= 11 is 0. The number of nitrogens with one attached hydrogen (secondary N) is 1. The zero-order chi connectivity index (χ0) is 14.3. The van der Waals surface area contributed by atoms with Gasteiger partial charge in [-0.3, -0.25) is 4.90 Å². The summed E-state index contributed by atoms with van der Waals surface area (Å²) < 4.78 is 0. The summed E-state index contributed by atoms with van der Waals surface area (Å²) in [5, 5.41) is 3.53. The fraction of sp³-hybridized carbons (Fsp3) is 0.647. The van der Waals surface area contributed by atoms with E-state index in [9.17, 15) is 0 Å². The largest absolute Gasteiger partial charge is 0.383 e. The third-order valence-corrected chi connectivity index (χ3v) is 3.20. The maximum absolute atomic E-state index is 3.53. The Balaban J connectivity index is 2.48. The van der Waals surface area contributed by atoms with Gasteiger partial charge >= 0.3 is 0 Å². The number of rotatable bonds is 8. The van der Waals surface area contributed by atoms with Crippen LogP contribution in [0.15, 0.2) is 30.3 Å². The first-order chi connectivity index (χ1) is 8.99. The zero-order valence-corrected chi connectivity index (χ0v) is 13.2. The van der Waals surface area contributed by atoms with Crippen LogP contribution in [0.4, 0.5) is 5.69 Å². The van der Waals surface area contributed by atoms with E-state index in [1.165, 1.54) is 18.8 Å². The fourth-order valence-electron chi connectivity index (χ4n) is 2.32. The predicted octanol–water partition coefficient (Wildman–Crippen LogP) is 4.10. The van der Waals surface area contributed by atoms with Gasteiger partial charge in [-0.15, -0.1) is 0 Å². The summed E-state index contributed by atoms with van der Waals surface area (Å²) in [6.07, 6.45) is 0. The molecule has 0 aliphatic rings. The molecule has 0 bridgehead atoms. The predicted molar refractivity (Wildman–Crippen MR) is 85.6 cm³/mol. The molecule has 0 aromatic heterocycles. The minimum atomic E-state index is 0.560. The van der Waals surface area contributed by atoms with E-state index < -0.39 is 0 Å². The first-order valence-corrected chi connectivity index (χ1v) is 7.52. The molecule has 0 fully saturated rings. The van der Waals surface area contributed by atoms with E-state index in [1.807, 2.05) is 0 Å². The standard InChI is InChI=1S/C17H30N2/c1-14(2)12-19(13-15(3)4)16(5)11-18-17-9-7-6-8-10-17/h6-10,14-16,18H,11-13H2,1-5H3. The molecule has 0 heterocycles. The van der Waals surface area contributed by atoms with Crippen molar-refractivity contribution in [3.05, 3.63) is 30.3 Å². The van der Waals surface area contributed by atoms with Gasteiger partial charge in [-0.25, -0.2) is 0 Å². The molecule has 2 heteroatoms. The summed E-state index contributed by atoms with van der Waals surface area (Å²) in [6, 6.07) is 11.0. The summed E-state index contributed by atoms with van der Waals surface area (Å²) in [7, 11) is 0. The molecule has 0 radical (unpaired) electrons. The molecule has 0 saturated carbocycles. The van der Waals surface area contributed by atoms with E-state index in [4.69, 9.17) is 0 Å². The lowest BCUT2D eigenvalue weighted by Gasteiger charge is -2.32. The quantitative estimate of drug-likeness (QED) is 0.758. The van der Waals surface area contributed by atoms with Crippen LogP contribution in [0.5, 0.6) is 0 Å². The van der Waals surface area contributed by atoms with Crippen molar-refractivity contribution in [1.82, 2.24) is 4.90 Å². The summed E-state index contributed by atoms with van der Waals surface area (Å²) in [5.74, 6) is 1.44. The normalized spacial score (nSPS) is 13.3. The number of benzene rings is 1. The van der Waals surface area contributed by atoms with Crippen LogP contribution in [0.25, 0.3) is 0 Å². The van der Waals surface area contributed by atoms with Gasteiger partial charge in [0, 0.05) is 31.4 Å². The van der Waals surface area contributed by atoms with Crippen LogP contribution in [0.1, 0.15) is 34.6 Å². The van der Waals surface area contributed by atoms with E-state index in [-0.39, 0.29) is 0 Å². The molecule has 1 aromatic carbocycles. The molecule has 1 atom stereocenters. The topological polar surface area (TPSA) is 15.3 Å². The second kappa shape index (κ2) is 8.21. The average molecular weight is 262 g/mol. The molecular weight excluding hydrogens is 232 g/mol. The third-order valence-electron chi connectivity index (χ3n) is 3.20. The number of hydrogen-bond acceptors (Lipinski definition) is 2. The molecule has 1 rings (SSSR count). The average Bonchev–Trinajstić information content (AvgIpc) is 2.35. The van der Waals surface area contributed by atoms with Crippen molar-refractivity contribution in [2.75, 3.05) is 25.0 Å². The second-order valence-corrected chi connectivity index (χ2v) is 6.34. The van der Waals surface area contributed by atoms with E-state index in [0.717, 1.165) is 18.4 Å². The Bertz CT molecular complexity index is 322. The number of anilines is 1. The molecule has 1 unspecified atom stereocenters. The molecule has 0 spiro atoms. The molecule has 0 aliphatic carbocycles. The van der Waals surface area contributed by atoms with Crippen molar-refractivity contribution in [2.45, 2.75) is 40.7 Å². The van der Waals surface area contributed by atoms with Crippen LogP contribution in [-0.4, -0.2) is 30.6 Å². The molecule has 108 valence electrons. The van der Waals surface area contributed by atoms with Gasteiger partial charge in [-0.2, -0.15) is 0 Å². The number of para-hydroxylation sites is 1. The van der Waals surface area contributed by atoms with Gasteiger partial charge in [0.05, 0.1) is 0 Å². The first-order valence-electron chi connectivity index (χ1n) is 7.52. The smallest absolute Gasteiger partial charge is 0.0340 e.